The van der Waals surface area contributed by atoms with Gasteiger partial charge in [0.15, 0.2) is 0 Å². The number of fused-ring (bicyclic) bond motifs is 1. The molecule has 2 aliphatic heterocycles. The summed E-state index contributed by atoms with van der Waals surface area (Å²) in [5, 5.41) is 0. The number of pyridine rings is 1. The number of allylic oxidation sites excluding steroid dienone is 3. The quantitative estimate of drug-likeness (QED) is 0.225. The van der Waals surface area contributed by atoms with Crippen LogP contribution in [0.3, 0.4) is 0 Å². The summed E-state index contributed by atoms with van der Waals surface area (Å²) in [5.41, 5.74) is 7.62. The van der Waals surface area contributed by atoms with Gasteiger partial charge in [-0.2, -0.15) is 0 Å². The van der Waals surface area contributed by atoms with Crippen LogP contribution in [0.25, 0.3) is 0 Å². The summed E-state index contributed by atoms with van der Waals surface area (Å²) in [7, 11) is -7.93. The van der Waals surface area contributed by atoms with E-state index in [4.69, 9.17) is 4.98 Å². The van der Waals surface area contributed by atoms with E-state index in [-0.39, 0.29) is 2.68 Å². The maximum atomic E-state index is 5.49. The maximum absolute atomic E-state index is 5.49. The van der Waals surface area contributed by atoms with Crippen LogP contribution in [0, 0.1) is 0 Å². The van der Waals surface area contributed by atoms with Crippen molar-refractivity contribution in [3.63, 3.8) is 0 Å². The second-order valence-corrected chi connectivity index (χ2v) is 54.2. The van der Waals surface area contributed by atoms with Crippen LogP contribution in [0.15, 0.2) is 75.9 Å². The number of benzene rings is 1. The van der Waals surface area contributed by atoms with Gasteiger partial charge in [-0.15, -0.1) is 0 Å². The molecule has 1 atom stereocenters. The van der Waals surface area contributed by atoms with Crippen molar-refractivity contribution in [2.24, 2.45) is 0 Å². The van der Waals surface area contributed by atoms with Crippen LogP contribution < -0.4 is 2.79 Å². The molecule has 240 valence electrons. The van der Waals surface area contributed by atoms with Crippen LogP contribution in [-0.2, 0) is 2.68 Å². The van der Waals surface area contributed by atoms with Crippen molar-refractivity contribution < 1.29 is 0 Å². The standard InChI is InChI=1S/C15H26NSi.C12H22NSi2.C9H13NSi.Sn/c1-11(2)13-9-8-10-14(12(3)4)15(13)16-17(5,6)7;1-14(2,3)12(15(4,5)6)11-9-7-8-10-13-11;1-11(2,3)8-9-6-4-5-7-10-9;/h8-12H,1-7H3;7-10H,1-6H3;4-7H,1-3H3;/q-1;;-1;+2. The van der Waals surface area contributed by atoms with Gasteiger partial charge >= 0.3 is 281 Å². The second kappa shape index (κ2) is 11.8. The van der Waals surface area contributed by atoms with Gasteiger partial charge in [-0.1, -0.05) is 0 Å². The molecule has 1 unspecified atom stereocenters. The zero-order valence-electron chi connectivity index (χ0n) is 30.8. The number of anilines is 1. The fraction of sp³-hybridized carbons (Fsp3) is 0.528. The molecule has 0 radical (unpaired) electrons. The molecule has 2 aliphatic rings. The van der Waals surface area contributed by atoms with E-state index in [2.05, 4.69) is 179 Å². The molecule has 8 heteroatoms. The van der Waals surface area contributed by atoms with Gasteiger partial charge < -0.3 is 0 Å². The van der Waals surface area contributed by atoms with Gasteiger partial charge in [0.05, 0.1) is 0 Å². The van der Waals surface area contributed by atoms with Crippen molar-refractivity contribution in [3.05, 3.63) is 92.8 Å². The van der Waals surface area contributed by atoms with Gasteiger partial charge in [-0.05, 0) is 0 Å². The molecule has 1 aromatic carbocycles. The molecule has 4 rings (SSSR count). The number of nitrogens with zero attached hydrogens (tertiary/aromatic N) is 3. The summed E-state index contributed by atoms with van der Waals surface area (Å²) in [6.07, 6.45) is 11.8. The van der Waals surface area contributed by atoms with Gasteiger partial charge in [0.25, 0.3) is 0 Å². The van der Waals surface area contributed by atoms with Gasteiger partial charge in [0, 0.05) is 0 Å². The Bertz CT molecular complexity index is 1430. The molecule has 0 saturated carbocycles. The molecule has 0 amide bonds. The SMILES string of the molecule is CC(C)c1cccc(C(C)C)c1[N]([Si](C)(C)C)[Sn]1([C](c2ccccn2)([Si](C)(C)C)[Si](C)(C)C)[C]([Si](C)(C)C)=C2C=CC=C[N]21. The molecule has 0 saturated heterocycles. The minimum absolute atomic E-state index is 0.0726. The van der Waals surface area contributed by atoms with E-state index >= 15 is 0 Å². The van der Waals surface area contributed by atoms with Gasteiger partial charge in [0.2, 0.25) is 0 Å². The van der Waals surface area contributed by atoms with E-state index < -0.39 is 51.4 Å². The molecule has 44 heavy (non-hydrogen) atoms. The third-order valence-electron chi connectivity index (χ3n) is 9.95. The van der Waals surface area contributed by atoms with E-state index in [0.29, 0.717) is 11.8 Å². The van der Waals surface area contributed by atoms with Crippen LogP contribution in [0.2, 0.25) is 78.6 Å². The van der Waals surface area contributed by atoms with Gasteiger partial charge in [-0.3, -0.25) is 0 Å². The van der Waals surface area contributed by atoms with Crippen LogP contribution in [0.1, 0.15) is 56.4 Å². The monoisotopic (exact) mass is 767 g/mol. The fourth-order valence-electron chi connectivity index (χ4n) is 9.29. The molecule has 3 heterocycles. The third-order valence-corrected chi connectivity index (χ3v) is 69.0. The summed E-state index contributed by atoms with van der Waals surface area (Å²) in [6.45, 7) is 41.9. The van der Waals surface area contributed by atoms with Crippen molar-refractivity contribution in [3.8, 4) is 0 Å². The Morgan fingerprint density at radius 3 is 1.68 bits per heavy atom. The van der Waals surface area contributed by atoms with Gasteiger partial charge in [0.1, 0.15) is 0 Å². The molecule has 0 bridgehead atoms. The van der Waals surface area contributed by atoms with E-state index in [1.165, 1.54) is 22.5 Å². The third kappa shape index (κ3) is 5.28. The number of hydrogen-bond acceptors (Lipinski definition) is 3. The summed E-state index contributed by atoms with van der Waals surface area (Å²) in [6, 6.07) is 14.2. The van der Waals surface area contributed by atoms with Crippen molar-refractivity contribution in [1.29, 1.82) is 0 Å². The molecular formula is C36H61N3Si4Sn. The Morgan fingerprint density at radius 1 is 0.727 bits per heavy atom. The van der Waals surface area contributed by atoms with Crippen molar-refractivity contribution in [1.82, 2.24) is 8.11 Å². The first-order valence-electron chi connectivity index (χ1n) is 16.8. The molecule has 0 aliphatic carbocycles. The Morgan fingerprint density at radius 2 is 1.27 bits per heavy atom. The summed E-state index contributed by atoms with van der Waals surface area (Å²) in [4.78, 5) is 5.49. The average Bonchev–Trinajstić information content (AvgIpc) is 2.85. The van der Waals surface area contributed by atoms with Crippen molar-refractivity contribution in [2.75, 3.05) is 2.79 Å². The summed E-state index contributed by atoms with van der Waals surface area (Å²) >= 11 is -4.10. The van der Waals surface area contributed by atoms with Gasteiger partial charge in [-0.25, -0.2) is 0 Å². The molecule has 1 aromatic heterocycles. The zero-order chi connectivity index (χ0) is 33.3. The predicted molar refractivity (Wildman–Crippen MR) is 209 cm³/mol. The average molecular weight is 767 g/mol. The Kier molecular flexibility index (Phi) is 9.60. The summed E-state index contributed by atoms with van der Waals surface area (Å²) in [5.74, 6) is 0.897. The molecule has 3 nitrogen and oxygen atoms in total. The Balaban J connectivity index is 2.45. The summed E-state index contributed by atoms with van der Waals surface area (Å²) < 4.78 is 8.33. The van der Waals surface area contributed by atoms with E-state index in [1.54, 1.807) is 5.69 Å². The predicted octanol–water partition coefficient (Wildman–Crippen LogP) is 10.7. The topological polar surface area (TPSA) is 19.4 Å². The van der Waals surface area contributed by atoms with Crippen LogP contribution in [0.4, 0.5) is 5.69 Å². The molecular weight excluding hydrogens is 705 g/mol. The number of hydrogen-bond donors (Lipinski definition) is 0. The first-order valence-corrected chi connectivity index (χ1v) is 36.2. The Labute approximate surface area is 279 Å². The van der Waals surface area contributed by atoms with Crippen LogP contribution in [-0.4, -0.2) is 59.5 Å². The molecule has 2 aromatic rings. The van der Waals surface area contributed by atoms with E-state index in [0.717, 1.165) is 0 Å². The van der Waals surface area contributed by atoms with E-state index in [9.17, 15) is 0 Å². The molecule has 0 fully saturated rings. The second-order valence-electron chi connectivity index (χ2n) is 17.8. The molecule has 0 N–H and O–H groups in total. The fourth-order valence-corrected chi connectivity index (χ4v) is 87.4. The van der Waals surface area contributed by atoms with Crippen molar-refractivity contribution >= 4 is 57.1 Å². The normalized spacial score (nSPS) is 19.5. The van der Waals surface area contributed by atoms with Crippen molar-refractivity contribution in [2.45, 2.75) is 121 Å². The molecule has 0 spiro atoms. The minimum atomic E-state index is -4.10. The first kappa shape index (κ1) is 35.7. The first-order chi connectivity index (χ1) is 20.1. The zero-order valence-corrected chi connectivity index (χ0v) is 37.7. The number of rotatable bonds is 10. The number of aromatic nitrogens is 1. The van der Waals surface area contributed by atoms with Crippen LogP contribution in [0.5, 0.6) is 0 Å². The van der Waals surface area contributed by atoms with Crippen LogP contribution >= 0.6 is 0 Å². The number of para-hydroxylation sites is 1. The Hall–Kier alpha value is -1.14. The van der Waals surface area contributed by atoms with E-state index in [1.807, 2.05) is 3.21 Å².